The quantitative estimate of drug-likeness (QED) is 0.586. The first-order chi connectivity index (χ1) is 16.2. The molecule has 4 heteroatoms. The van der Waals surface area contributed by atoms with Crippen LogP contribution in [0.3, 0.4) is 0 Å². The molecule has 0 bridgehead atoms. The van der Waals surface area contributed by atoms with Gasteiger partial charge >= 0.3 is 0 Å². The molecule has 4 nitrogen and oxygen atoms in total. The summed E-state index contributed by atoms with van der Waals surface area (Å²) < 4.78 is 5.87. The summed E-state index contributed by atoms with van der Waals surface area (Å²) >= 11 is 0. The lowest BCUT2D eigenvalue weighted by atomic mass is 9.94. The van der Waals surface area contributed by atoms with Crippen LogP contribution in [-0.2, 0) is 22.4 Å². The van der Waals surface area contributed by atoms with E-state index in [1.807, 2.05) is 36.4 Å². The van der Waals surface area contributed by atoms with Crippen LogP contribution in [-0.4, -0.2) is 60.6 Å². The number of benzene rings is 2. The fraction of sp³-hybridized carbons (Fsp3) is 0.483. The third kappa shape index (κ3) is 5.74. The van der Waals surface area contributed by atoms with E-state index < -0.39 is 0 Å². The number of ether oxygens (including phenoxy) is 1. The Morgan fingerprint density at radius 1 is 0.939 bits per heavy atom. The molecule has 0 N–H and O–H groups in total. The molecule has 1 amide bonds. The van der Waals surface area contributed by atoms with E-state index in [0.717, 1.165) is 51.2 Å². The predicted molar refractivity (Wildman–Crippen MR) is 133 cm³/mol. The highest BCUT2D eigenvalue weighted by Crippen LogP contribution is 2.29. The molecule has 1 aliphatic carbocycles. The molecule has 5 rings (SSSR count). The zero-order valence-electron chi connectivity index (χ0n) is 19.6. The van der Waals surface area contributed by atoms with E-state index in [1.54, 1.807) is 6.08 Å². The summed E-state index contributed by atoms with van der Waals surface area (Å²) in [5, 5.41) is 0. The smallest absolute Gasteiger partial charge is 0.246 e. The molecule has 2 aromatic rings. The summed E-state index contributed by atoms with van der Waals surface area (Å²) in [7, 11) is 0. The number of nitrogens with zero attached hydrogens (tertiary/aromatic N) is 2. The van der Waals surface area contributed by atoms with E-state index in [-0.39, 0.29) is 12.0 Å². The molecule has 33 heavy (non-hydrogen) atoms. The van der Waals surface area contributed by atoms with Gasteiger partial charge in [0.2, 0.25) is 5.91 Å². The Hall–Kier alpha value is -2.43. The zero-order valence-corrected chi connectivity index (χ0v) is 19.6. The molecule has 2 fully saturated rings. The highest BCUT2D eigenvalue weighted by molar-refractivity contribution is 5.91. The van der Waals surface area contributed by atoms with E-state index >= 15 is 0 Å². The van der Waals surface area contributed by atoms with Crippen molar-refractivity contribution in [1.82, 2.24) is 9.80 Å². The van der Waals surface area contributed by atoms with E-state index in [4.69, 9.17) is 4.74 Å². The molecule has 1 atom stereocenters. The highest BCUT2D eigenvalue weighted by Gasteiger charge is 2.31. The minimum atomic E-state index is 0.114. The lowest BCUT2D eigenvalue weighted by Crippen LogP contribution is -2.46. The highest BCUT2D eigenvalue weighted by atomic mass is 16.5. The number of carbonyl (C=O) groups is 1. The van der Waals surface area contributed by atoms with Gasteiger partial charge in [-0.25, -0.2) is 0 Å². The molecule has 2 heterocycles. The molecule has 2 aromatic carbocycles. The summed E-state index contributed by atoms with van der Waals surface area (Å²) in [4.78, 5) is 17.9. The fourth-order valence-electron chi connectivity index (χ4n) is 5.73. The lowest BCUT2D eigenvalue weighted by molar-refractivity contribution is -0.128. The van der Waals surface area contributed by atoms with Crippen molar-refractivity contribution in [3.05, 3.63) is 77.4 Å². The second-order valence-electron chi connectivity index (χ2n) is 9.93. The largest absolute Gasteiger partial charge is 0.376 e. The molecule has 3 aliphatic rings. The average molecular weight is 445 g/mol. The molecule has 1 unspecified atom stereocenters. The standard InChI is InChI=1S/C29H36N2O2/c32-29(13-12-23-7-2-1-3-8-23)31(22-28-11-6-18-33-28)21-24-14-16-30(17-15-24)27-19-25-9-4-5-10-26(25)20-27/h1-5,7-10,12-13,24,27-28H,6,11,14-22H2/b13-12+. The summed E-state index contributed by atoms with van der Waals surface area (Å²) in [5.41, 5.74) is 4.13. The van der Waals surface area contributed by atoms with Gasteiger partial charge in [-0.3, -0.25) is 9.69 Å². The van der Waals surface area contributed by atoms with Crippen LogP contribution in [0.2, 0.25) is 0 Å². The van der Waals surface area contributed by atoms with Crippen LogP contribution in [0.1, 0.15) is 42.4 Å². The van der Waals surface area contributed by atoms with Gasteiger partial charge in [-0.15, -0.1) is 0 Å². The van der Waals surface area contributed by atoms with Crippen LogP contribution < -0.4 is 0 Å². The van der Waals surface area contributed by atoms with Gasteiger partial charge in [-0.05, 0) is 80.3 Å². The third-order valence-electron chi connectivity index (χ3n) is 7.65. The monoisotopic (exact) mass is 444 g/mol. The van der Waals surface area contributed by atoms with Gasteiger partial charge in [0.15, 0.2) is 0 Å². The zero-order chi connectivity index (χ0) is 22.5. The number of hydrogen-bond acceptors (Lipinski definition) is 3. The van der Waals surface area contributed by atoms with Crippen molar-refractivity contribution in [3.63, 3.8) is 0 Å². The van der Waals surface area contributed by atoms with Gasteiger partial charge in [-0.1, -0.05) is 54.6 Å². The van der Waals surface area contributed by atoms with Gasteiger partial charge in [-0.2, -0.15) is 0 Å². The number of rotatable bonds is 7. The summed E-state index contributed by atoms with van der Waals surface area (Å²) in [6.07, 6.45) is 10.8. The molecule has 0 radical (unpaired) electrons. The van der Waals surface area contributed by atoms with Gasteiger partial charge in [0.25, 0.3) is 0 Å². The summed E-state index contributed by atoms with van der Waals surface area (Å²) in [6.45, 7) is 4.68. The van der Waals surface area contributed by atoms with Crippen molar-refractivity contribution in [2.24, 2.45) is 5.92 Å². The summed E-state index contributed by atoms with van der Waals surface area (Å²) in [6, 6.07) is 19.6. The first kappa shape index (κ1) is 22.4. The Kier molecular flexibility index (Phi) is 7.23. The minimum Gasteiger partial charge on any atom is -0.376 e. The van der Waals surface area contributed by atoms with Crippen molar-refractivity contribution in [1.29, 1.82) is 0 Å². The lowest BCUT2D eigenvalue weighted by Gasteiger charge is -2.38. The van der Waals surface area contributed by atoms with Crippen LogP contribution in [0, 0.1) is 5.92 Å². The fourth-order valence-corrected chi connectivity index (χ4v) is 5.73. The molecule has 2 aliphatic heterocycles. The van der Waals surface area contributed by atoms with Crippen molar-refractivity contribution in [3.8, 4) is 0 Å². The topological polar surface area (TPSA) is 32.8 Å². The molecule has 0 saturated carbocycles. The first-order valence-electron chi connectivity index (χ1n) is 12.7. The molecular formula is C29H36N2O2. The van der Waals surface area contributed by atoms with Crippen molar-refractivity contribution < 1.29 is 9.53 Å². The van der Waals surface area contributed by atoms with E-state index in [2.05, 4.69) is 34.1 Å². The maximum atomic E-state index is 13.2. The number of amides is 1. The predicted octanol–water partition coefficient (Wildman–Crippen LogP) is 4.59. The second-order valence-corrected chi connectivity index (χ2v) is 9.93. The number of hydrogen-bond donors (Lipinski definition) is 0. The molecular weight excluding hydrogens is 408 g/mol. The first-order valence-corrected chi connectivity index (χ1v) is 12.7. The Balaban J connectivity index is 1.17. The van der Waals surface area contributed by atoms with Gasteiger partial charge < -0.3 is 9.64 Å². The molecule has 2 saturated heterocycles. The van der Waals surface area contributed by atoms with E-state index in [0.29, 0.717) is 12.0 Å². The van der Waals surface area contributed by atoms with Crippen molar-refractivity contribution in [2.45, 2.75) is 50.7 Å². The van der Waals surface area contributed by atoms with Crippen LogP contribution >= 0.6 is 0 Å². The number of likely N-dealkylation sites (tertiary alicyclic amines) is 1. The normalized spacial score (nSPS) is 22.1. The second kappa shape index (κ2) is 10.7. The van der Waals surface area contributed by atoms with E-state index in [1.165, 1.54) is 36.8 Å². The van der Waals surface area contributed by atoms with E-state index in [9.17, 15) is 4.79 Å². The third-order valence-corrected chi connectivity index (χ3v) is 7.65. The SMILES string of the molecule is O=C(/C=C/c1ccccc1)N(CC1CCN(C2Cc3ccccc3C2)CC1)CC1CCCO1. The number of fused-ring (bicyclic) bond motifs is 1. The average Bonchev–Trinajstić information content (AvgIpc) is 3.53. The summed E-state index contributed by atoms with van der Waals surface area (Å²) in [5.74, 6) is 0.684. The minimum absolute atomic E-state index is 0.114. The van der Waals surface area contributed by atoms with Gasteiger partial charge in [0.05, 0.1) is 6.10 Å². The van der Waals surface area contributed by atoms with Gasteiger partial charge in [0.1, 0.15) is 0 Å². The maximum absolute atomic E-state index is 13.2. The Morgan fingerprint density at radius 3 is 2.30 bits per heavy atom. The van der Waals surface area contributed by atoms with Crippen molar-refractivity contribution in [2.75, 3.05) is 32.8 Å². The van der Waals surface area contributed by atoms with Crippen LogP contribution in [0.4, 0.5) is 0 Å². The molecule has 174 valence electrons. The van der Waals surface area contributed by atoms with Crippen LogP contribution in [0.5, 0.6) is 0 Å². The Labute approximate surface area is 198 Å². The van der Waals surface area contributed by atoms with Crippen LogP contribution in [0.15, 0.2) is 60.7 Å². The van der Waals surface area contributed by atoms with Gasteiger partial charge in [0, 0.05) is 31.8 Å². The number of piperidine rings is 1. The maximum Gasteiger partial charge on any atom is 0.246 e. The van der Waals surface area contributed by atoms with Crippen molar-refractivity contribution >= 4 is 12.0 Å². The molecule has 0 aromatic heterocycles. The Bertz CT molecular complexity index is 918. The Morgan fingerprint density at radius 2 is 1.64 bits per heavy atom. The van der Waals surface area contributed by atoms with Crippen LogP contribution in [0.25, 0.3) is 6.08 Å². The number of carbonyl (C=O) groups excluding carboxylic acids is 1. The molecule has 0 spiro atoms.